The molecule has 0 aromatic heterocycles. The number of hydrogen-bond acceptors (Lipinski definition) is 1. The van der Waals surface area contributed by atoms with E-state index >= 15 is 0 Å². The van der Waals surface area contributed by atoms with Crippen LogP contribution in [0.3, 0.4) is 0 Å². The van der Waals surface area contributed by atoms with Gasteiger partial charge in [-0.15, -0.1) is 0 Å². The maximum atomic E-state index is 2.39. The van der Waals surface area contributed by atoms with Gasteiger partial charge in [-0.1, -0.05) is 43.3 Å². The smallest absolute Gasteiger partial charge is 0.0413 e. The van der Waals surface area contributed by atoms with Gasteiger partial charge in [0.25, 0.3) is 0 Å². The lowest BCUT2D eigenvalue weighted by atomic mass is 10.1. The van der Waals surface area contributed by atoms with Crippen LogP contribution in [0.25, 0.3) is 0 Å². The van der Waals surface area contributed by atoms with Crippen molar-refractivity contribution in [1.29, 1.82) is 0 Å². The van der Waals surface area contributed by atoms with Gasteiger partial charge in [0.2, 0.25) is 0 Å². The highest BCUT2D eigenvalue weighted by Gasteiger charge is 2.14. The lowest BCUT2D eigenvalue weighted by Crippen LogP contribution is -2.27. The van der Waals surface area contributed by atoms with Crippen molar-refractivity contribution in [3.05, 3.63) is 60.7 Å². The summed E-state index contributed by atoms with van der Waals surface area (Å²) in [5.41, 5.74) is 2.51. The van der Waals surface area contributed by atoms with Crippen LogP contribution >= 0.6 is 0 Å². The molecule has 0 radical (unpaired) electrons. The van der Waals surface area contributed by atoms with Gasteiger partial charge in [0, 0.05) is 17.4 Å². The Hall–Kier alpha value is -1.76. The van der Waals surface area contributed by atoms with Crippen LogP contribution in [0.2, 0.25) is 0 Å². The molecule has 0 spiro atoms. The lowest BCUT2D eigenvalue weighted by Gasteiger charge is -2.30. The van der Waals surface area contributed by atoms with E-state index < -0.39 is 0 Å². The van der Waals surface area contributed by atoms with Crippen LogP contribution in [0.1, 0.15) is 20.3 Å². The Morgan fingerprint density at radius 3 is 1.59 bits per heavy atom. The number of nitrogens with zero attached hydrogens (tertiary/aromatic N) is 1. The van der Waals surface area contributed by atoms with Gasteiger partial charge in [-0.3, -0.25) is 0 Å². The molecule has 2 aromatic carbocycles. The molecule has 0 unspecified atom stereocenters. The van der Waals surface area contributed by atoms with Gasteiger partial charge in [0.15, 0.2) is 0 Å². The number of para-hydroxylation sites is 2. The average Bonchev–Trinajstić information content (AvgIpc) is 2.41. The van der Waals surface area contributed by atoms with Crippen LogP contribution in [-0.4, -0.2) is 6.04 Å². The molecule has 0 saturated heterocycles. The van der Waals surface area contributed by atoms with Gasteiger partial charge >= 0.3 is 0 Å². The largest absolute Gasteiger partial charge is 0.339 e. The molecule has 0 aliphatic carbocycles. The quantitative estimate of drug-likeness (QED) is 0.733. The van der Waals surface area contributed by atoms with E-state index in [1.54, 1.807) is 0 Å². The summed E-state index contributed by atoms with van der Waals surface area (Å²) < 4.78 is 0. The van der Waals surface area contributed by atoms with E-state index in [-0.39, 0.29) is 0 Å². The van der Waals surface area contributed by atoms with Crippen LogP contribution in [-0.2, 0) is 0 Å². The highest BCUT2D eigenvalue weighted by molar-refractivity contribution is 5.63. The molecule has 1 heteroatoms. The van der Waals surface area contributed by atoms with E-state index in [4.69, 9.17) is 0 Å². The summed E-state index contributed by atoms with van der Waals surface area (Å²) >= 11 is 0. The second-order valence-electron chi connectivity index (χ2n) is 4.30. The molecule has 0 N–H and O–H groups in total. The van der Waals surface area contributed by atoms with Crippen molar-refractivity contribution in [3.8, 4) is 0 Å². The highest BCUT2D eigenvalue weighted by atomic mass is 15.2. The molecule has 88 valence electrons. The molecule has 0 saturated carbocycles. The molecular weight excluding hydrogens is 206 g/mol. The maximum absolute atomic E-state index is 2.39. The fraction of sp³-hybridized carbons (Fsp3) is 0.250. The summed E-state index contributed by atoms with van der Waals surface area (Å²) in [6.45, 7) is 4.49. The van der Waals surface area contributed by atoms with Crippen LogP contribution in [0, 0.1) is 0 Å². The monoisotopic (exact) mass is 225 g/mol. The first-order valence-corrected chi connectivity index (χ1v) is 6.22. The van der Waals surface area contributed by atoms with Crippen LogP contribution in [0.15, 0.2) is 60.7 Å². The second-order valence-corrected chi connectivity index (χ2v) is 4.30. The van der Waals surface area contributed by atoms with E-state index in [9.17, 15) is 0 Å². The van der Waals surface area contributed by atoms with E-state index in [1.807, 2.05) is 0 Å². The first kappa shape index (κ1) is 11.7. The van der Waals surface area contributed by atoms with Gasteiger partial charge in [0.05, 0.1) is 0 Å². The molecule has 0 bridgehead atoms. The first-order chi connectivity index (χ1) is 8.33. The van der Waals surface area contributed by atoms with E-state index in [0.29, 0.717) is 6.04 Å². The van der Waals surface area contributed by atoms with Crippen LogP contribution in [0.5, 0.6) is 0 Å². The zero-order valence-electron chi connectivity index (χ0n) is 10.5. The summed E-state index contributed by atoms with van der Waals surface area (Å²) in [6, 6.07) is 21.6. The lowest BCUT2D eigenvalue weighted by molar-refractivity contribution is 0.688. The van der Waals surface area contributed by atoms with Crippen molar-refractivity contribution in [2.45, 2.75) is 26.3 Å². The molecule has 1 nitrogen and oxygen atoms in total. The third-order valence-corrected chi connectivity index (χ3v) is 3.10. The molecule has 17 heavy (non-hydrogen) atoms. The first-order valence-electron chi connectivity index (χ1n) is 6.22. The van der Waals surface area contributed by atoms with Crippen molar-refractivity contribution < 1.29 is 0 Å². The maximum Gasteiger partial charge on any atom is 0.0413 e. The molecule has 0 fully saturated rings. The van der Waals surface area contributed by atoms with Gasteiger partial charge < -0.3 is 4.90 Å². The van der Waals surface area contributed by atoms with E-state index in [1.165, 1.54) is 11.4 Å². The van der Waals surface area contributed by atoms with Crippen molar-refractivity contribution in [3.63, 3.8) is 0 Å². The molecule has 1 atom stereocenters. The molecule has 0 amide bonds. The SMILES string of the molecule is CC[C@H](C)N(c1ccccc1)c1ccccc1. The van der Waals surface area contributed by atoms with Gasteiger partial charge in [-0.05, 0) is 37.6 Å². The fourth-order valence-electron chi connectivity index (χ4n) is 2.02. The zero-order valence-corrected chi connectivity index (χ0v) is 10.5. The predicted octanol–water partition coefficient (Wildman–Crippen LogP) is 4.62. The van der Waals surface area contributed by atoms with Crippen molar-refractivity contribution in [2.75, 3.05) is 4.90 Å². The standard InChI is InChI=1S/C16H19N/c1-3-14(2)17(15-10-6-4-7-11-15)16-12-8-5-9-13-16/h4-14H,3H2,1-2H3/t14-/m0/s1. The van der Waals surface area contributed by atoms with Gasteiger partial charge in [0.1, 0.15) is 0 Å². The number of anilines is 2. The third-order valence-electron chi connectivity index (χ3n) is 3.10. The van der Waals surface area contributed by atoms with Crippen molar-refractivity contribution in [1.82, 2.24) is 0 Å². The Bertz CT molecular complexity index is 396. The van der Waals surface area contributed by atoms with Crippen LogP contribution in [0.4, 0.5) is 11.4 Å². The zero-order chi connectivity index (χ0) is 12.1. The Labute approximate surface area is 104 Å². The van der Waals surface area contributed by atoms with Gasteiger partial charge in [-0.2, -0.15) is 0 Å². The predicted molar refractivity (Wildman–Crippen MR) is 74.8 cm³/mol. The minimum Gasteiger partial charge on any atom is -0.339 e. The molecule has 0 aliphatic rings. The summed E-state index contributed by atoms with van der Waals surface area (Å²) in [6.07, 6.45) is 1.13. The van der Waals surface area contributed by atoms with Crippen molar-refractivity contribution in [2.24, 2.45) is 0 Å². The molecular formula is C16H19N. The topological polar surface area (TPSA) is 3.24 Å². The Balaban J connectivity index is 2.39. The molecule has 0 aliphatic heterocycles. The highest BCUT2D eigenvalue weighted by Crippen LogP contribution is 2.28. The molecule has 2 rings (SSSR count). The summed E-state index contributed by atoms with van der Waals surface area (Å²) in [4.78, 5) is 2.39. The Kier molecular flexibility index (Phi) is 3.81. The third kappa shape index (κ3) is 2.68. The number of rotatable bonds is 4. The average molecular weight is 225 g/mol. The summed E-state index contributed by atoms with van der Waals surface area (Å²) in [5, 5.41) is 0. The second kappa shape index (κ2) is 5.53. The normalized spacial score (nSPS) is 12.1. The molecule has 2 aromatic rings. The Morgan fingerprint density at radius 2 is 1.24 bits per heavy atom. The summed E-state index contributed by atoms with van der Waals surface area (Å²) in [7, 11) is 0. The number of hydrogen-bond donors (Lipinski definition) is 0. The number of benzene rings is 2. The van der Waals surface area contributed by atoms with E-state index in [2.05, 4.69) is 79.4 Å². The minimum atomic E-state index is 0.500. The van der Waals surface area contributed by atoms with Crippen molar-refractivity contribution >= 4 is 11.4 Å². The fourth-order valence-corrected chi connectivity index (χ4v) is 2.02. The van der Waals surface area contributed by atoms with Crippen LogP contribution < -0.4 is 4.90 Å². The van der Waals surface area contributed by atoms with Gasteiger partial charge in [-0.25, -0.2) is 0 Å². The Morgan fingerprint density at radius 1 is 0.824 bits per heavy atom. The summed E-state index contributed by atoms with van der Waals surface area (Å²) in [5.74, 6) is 0. The van der Waals surface area contributed by atoms with E-state index in [0.717, 1.165) is 6.42 Å². The minimum absolute atomic E-state index is 0.500. The molecule has 0 heterocycles.